The van der Waals surface area contributed by atoms with E-state index in [2.05, 4.69) is 25.8 Å². The molecule has 13 heteroatoms. The quantitative estimate of drug-likeness (QED) is 0.0474. The van der Waals surface area contributed by atoms with Crippen LogP contribution in [-0.4, -0.2) is 58.6 Å². The Morgan fingerprint density at radius 1 is 1.09 bits per heavy atom. The highest BCUT2D eigenvalue weighted by Crippen LogP contribution is 2.32. The molecule has 13 nitrogen and oxygen atoms in total. The van der Waals surface area contributed by atoms with E-state index in [0.717, 1.165) is 35.1 Å². The van der Waals surface area contributed by atoms with Crippen molar-refractivity contribution in [3.63, 3.8) is 0 Å². The molecule has 0 aliphatic carbocycles. The highest BCUT2D eigenvalue weighted by molar-refractivity contribution is 5.84. The van der Waals surface area contributed by atoms with Gasteiger partial charge in [-0.3, -0.25) is 15.1 Å². The monoisotopic (exact) mass is 607 g/mol. The van der Waals surface area contributed by atoms with Crippen LogP contribution in [0.2, 0.25) is 0 Å². The van der Waals surface area contributed by atoms with E-state index in [-0.39, 0.29) is 11.7 Å². The first-order valence-electron chi connectivity index (χ1n) is 14.8. The molecule has 44 heavy (non-hydrogen) atoms. The first kappa shape index (κ1) is 34.2. The predicted molar refractivity (Wildman–Crippen MR) is 169 cm³/mol. The molecule has 1 amide bonds. The molecule has 0 saturated heterocycles. The normalized spacial score (nSPS) is 13.9. The lowest BCUT2D eigenvalue weighted by Gasteiger charge is -2.31. The first-order valence-corrected chi connectivity index (χ1v) is 14.8. The molecule has 2 aromatic carbocycles. The number of nitrogens with zero attached hydrogens (tertiary/aromatic N) is 3. The Morgan fingerprint density at radius 3 is 2.43 bits per heavy atom. The highest BCUT2D eigenvalue weighted by atomic mass is 16.5. The number of aryl methyl sites for hydroxylation is 2. The summed E-state index contributed by atoms with van der Waals surface area (Å²) in [6, 6.07) is 9.95. The van der Waals surface area contributed by atoms with E-state index in [0.29, 0.717) is 56.8 Å². The van der Waals surface area contributed by atoms with Gasteiger partial charge in [-0.05, 0) is 80.5 Å². The number of aldehydes is 1. The summed E-state index contributed by atoms with van der Waals surface area (Å²) in [5.74, 6) is 0.457. The summed E-state index contributed by atoms with van der Waals surface area (Å²) in [7, 11) is 0. The minimum Gasteiger partial charge on any atom is -0.508 e. The number of guanidine groups is 1. The zero-order valence-electron chi connectivity index (χ0n) is 25.4. The number of unbranched alkanes of at least 4 members (excludes halogenated alkanes) is 1. The van der Waals surface area contributed by atoms with Gasteiger partial charge in [0.1, 0.15) is 18.1 Å². The van der Waals surface area contributed by atoms with Gasteiger partial charge < -0.3 is 42.7 Å². The lowest BCUT2D eigenvalue weighted by Crippen LogP contribution is -2.51. The van der Waals surface area contributed by atoms with Crippen molar-refractivity contribution in [1.29, 1.82) is 0 Å². The Kier molecular flexibility index (Phi) is 13.3. The van der Waals surface area contributed by atoms with Crippen molar-refractivity contribution >= 4 is 18.2 Å². The summed E-state index contributed by atoms with van der Waals surface area (Å²) in [6.07, 6.45) is 4.09. The Hall–Kier alpha value is -4.33. The fraction of sp³-hybridized carbons (Fsp3) is 0.452. The molecule has 0 spiro atoms. The summed E-state index contributed by atoms with van der Waals surface area (Å²) in [4.78, 5) is 34.4. The number of phenols is 1. The smallest absolute Gasteiger partial charge is 0.243 e. The second-order valence-corrected chi connectivity index (χ2v) is 10.9. The van der Waals surface area contributed by atoms with E-state index >= 15 is 0 Å². The van der Waals surface area contributed by atoms with Crippen LogP contribution in [0.3, 0.4) is 0 Å². The maximum absolute atomic E-state index is 13.1. The van der Waals surface area contributed by atoms with Gasteiger partial charge in [0.25, 0.3) is 0 Å². The molecule has 0 saturated carbocycles. The summed E-state index contributed by atoms with van der Waals surface area (Å²) in [6.45, 7) is 4.52. The summed E-state index contributed by atoms with van der Waals surface area (Å²) in [5, 5.41) is 20.8. The third-order valence-electron chi connectivity index (χ3n) is 7.32. The number of amides is 1. The second kappa shape index (κ2) is 17.1. The van der Waals surface area contributed by atoms with Crippen LogP contribution in [0.1, 0.15) is 78.2 Å². The third-order valence-corrected chi connectivity index (χ3v) is 7.32. The van der Waals surface area contributed by atoms with E-state index in [4.69, 9.17) is 27.5 Å². The van der Waals surface area contributed by atoms with Crippen LogP contribution in [0.5, 0.6) is 5.75 Å². The molecule has 1 unspecified atom stereocenters. The minimum atomic E-state index is -1.02. The number of nitrogens with two attached hydrogens (primary N) is 4. The molecule has 1 heterocycles. The van der Waals surface area contributed by atoms with Crippen LogP contribution in [0.4, 0.5) is 0 Å². The molecule has 1 aromatic heterocycles. The maximum atomic E-state index is 13.1. The van der Waals surface area contributed by atoms with Gasteiger partial charge in [0.15, 0.2) is 11.8 Å². The van der Waals surface area contributed by atoms with Crippen LogP contribution >= 0.6 is 0 Å². The zero-order valence-corrected chi connectivity index (χ0v) is 25.4. The molecule has 0 bridgehead atoms. The van der Waals surface area contributed by atoms with Crippen molar-refractivity contribution in [3.05, 3.63) is 76.4 Å². The topological polar surface area (TPSA) is 234 Å². The van der Waals surface area contributed by atoms with Gasteiger partial charge in [-0.1, -0.05) is 41.9 Å². The Labute approximate surface area is 257 Å². The zero-order chi connectivity index (χ0) is 32.1. The maximum Gasteiger partial charge on any atom is 0.243 e. The van der Waals surface area contributed by atoms with Crippen LogP contribution in [0, 0.1) is 13.8 Å². The summed E-state index contributed by atoms with van der Waals surface area (Å²) < 4.78 is 5.73. The van der Waals surface area contributed by atoms with Crippen molar-refractivity contribution in [2.75, 3.05) is 13.1 Å². The minimum absolute atomic E-state index is 0.0351. The molecular formula is C31H45N9O4. The number of aliphatic imine (C=N–C) groups is 1. The van der Waals surface area contributed by atoms with Crippen LogP contribution in [-0.2, 0) is 16.0 Å². The van der Waals surface area contributed by atoms with Crippen molar-refractivity contribution in [2.45, 2.75) is 76.5 Å². The van der Waals surface area contributed by atoms with Crippen molar-refractivity contribution in [3.8, 4) is 5.75 Å². The van der Waals surface area contributed by atoms with Gasteiger partial charge in [0, 0.05) is 13.0 Å². The van der Waals surface area contributed by atoms with E-state index in [1.165, 1.54) is 0 Å². The third kappa shape index (κ3) is 10.1. The molecule has 0 aliphatic heterocycles. The number of rotatable bonds is 18. The van der Waals surface area contributed by atoms with E-state index in [1.54, 1.807) is 12.1 Å². The molecule has 11 N–H and O–H groups in total. The molecule has 238 valence electrons. The number of hydrogen-bond acceptors (Lipinski definition) is 10. The molecule has 0 fully saturated rings. The standard InChI is InChI=1S/C31H45N9O4/c1-19-15-22(42)16-20(2)27(19)28(25(18-41)38-29(43)23(33)11-8-14-36-31(34)35)37-24(12-6-7-13-32)30-39-26(40-44-30)17-21-9-4-3-5-10-21/h3-5,9-10,15-16,18,23-25,28,37,42H,6-8,11-14,17,32-33H2,1-2H3,(H,38,43)(H4,34,35,36)/t23-,24+,25?,28-/m1/s1. The summed E-state index contributed by atoms with van der Waals surface area (Å²) >= 11 is 0. The number of carbonyl (C=O) groups excluding carboxylic acids is 2. The number of benzene rings is 2. The number of nitrogens with one attached hydrogen (secondary N) is 2. The molecule has 4 atom stereocenters. The number of carbonyl (C=O) groups is 2. The predicted octanol–water partition coefficient (Wildman–Crippen LogP) is 1.55. The van der Waals surface area contributed by atoms with Crippen molar-refractivity contribution in [2.24, 2.45) is 27.9 Å². The van der Waals surface area contributed by atoms with E-state index < -0.39 is 30.1 Å². The van der Waals surface area contributed by atoms with E-state index in [1.807, 2.05) is 44.2 Å². The van der Waals surface area contributed by atoms with Crippen molar-refractivity contribution < 1.29 is 19.2 Å². The lowest BCUT2D eigenvalue weighted by molar-refractivity contribution is -0.125. The van der Waals surface area contributed by atoms with E-state index in [9.17, 15) is 14.7 Å². The average molecular weight is 608 g/mol. The van der Waals surface area contributed by atoms with Gasteiger partial charge in [0.05, 0.1) is 18.1 Å². The Balaban J connectivity index is 1.92. The van der Waals surface area contributed by atoms with Gasteiger partial charge in [0.2, 0.25) is 11.8 Å². The lowest BCUT2D eigenvalue weighted by atomic mass is 9.90. The molecular weight excluding hydrogens is 562 g/mol. The fourth-order valence-corrected chi connectivity index (χ4v) is 5.17. The largest absolute Gasteiger partial charge is 0.508 e. The van der Waals surface area contributed by atoms with Gasteiger partial charge in [-0.15, -0.1) is 0 Å². The number of phenolic OH excluding ortho intramolecular Hbond substituents is 1. The SMILES string of the molecule is Cc1cc(O)cc(C)c1[C@H](N[C@@H](CCCCN)c1nc(Cc2ccccc2)no1)C(C=O)NC(=O)[C@H](N)CCCN=C(N)N. The van der Waals surface area contributed by atoms with Gasteiger partial charge in [-0.2, -0.15) is 4.98 Å². The Morgan fingerprint density at radius 2 is 1.80 bits per heavy atom. The van der Waals surface area contributed by atoms with Crippen LogP contribution in [0.15, 0.2) is 52.0 Å². The molecule has 3 rings (SSSR count). The van der Waals surface area contributed by atoms with Crippen LogP contribution in [0.25, 0.3) is 0 Å². The number of aromatic nitrogens is 2. The first-order chi connectivity index (χ1) is 21.1. The van der Waals surface area contributed by atoms with Gasteiger partial charge >= 0.3 is 0 Å². The molecule has 0 radical (unpaired) electrons. The molecule has 0 aliphatic rings. The average Bonchev–Trinajstić information content (AvgIpc) is 3.44. The Bertz CT molecular complexity index is 1350. The molecule has 3 aromatic rings. The fourth-order valence-electron chi connectivity index (χ4n) is 5.17. The second-order valence-electron chi connectivity index (χ2n) is 10.9. The number of hydrogen-bond donors (Lipinski definition) is 7. The van der Waals surface area contributed by atoms with Crippen LogP contribution < -0.4 is 33.6 Å². The highest BCUT2D eigenvalue weighted by Gasteiger charge is 2.32. The van der Waals surface area contributed by atoms with Crippen molar-refractivity contribution in [1.82, 2.24) is 20.8 Å². The summed E-state index contributed by atoms with van der Waals surface area (Å²) in [5.41, 5.74) is 25.9. The number of aromatic hydroxyl groups is 1. The van der Waals surface area contributed by atoms with Gasteiger partial charge in [-0.25, -0.2) is 0 Å².